The number of aryl methyl sites for hydroxylation is 1. The lowest BCUT2D eigenvalue weighted by Gasteiger charge is -2.17. The summed E-state index contributed by atoms with van der Waals surface area (Å²) in [7, 11) is -3.42. The van der Waals surface area contributed by atoms with Crippen LogP contribution in [0.1, 0.15) is 12.0 Å². The molecule has 1 aliphatic rings. The highest BCUT2D eigenvalue weighted by atomic mass is 79.9. The van der Waals surface area contributed by atoms with Crippen molar-refractivity contribution in [2.45, 2.75) is 24.3 Å². The maximum absolute atomic E-state index is 12.4. The minimum atomic E-state index is -3.42. The Morgan fingerprint density at radius 3 is 2.76 bits per heavy atom. The van der Waals surface area contributed by atoms with Gasteiger partial charge < -0.3 is 5.73 Å². The average Bonchev–Trinajstić information content (AvgIpc) is 2.69. The highest BCUT2D eigenvalue weighted by Gasteiger charge is 2.32. The highest BCUT2D eigenvalue weighted by Crippen LogP contribution is 2.29. The minimum Gasteiger partial charge on any atom is -0.326 e. The van der Waals surface area contributed by atoms with Crippen molar-refractivity contribution in [2.75, 3.05) is 13.1 Å². The number of hydrogen-bond acceptors (Lipinski definition) is 3. The van der Waals surface area contributed by atoms with Crippen LogP contribution in [0.15, 0.2) is 27.6 Å². The van der Waals surface area contributed by atoms with E-state index < -0.39 is 10.0 Å². The van der Waals surface area contributed by atoms with E-state index in [0.717, 1.165) is 12.0 Å². The highest BCUT2D eigenvalue weighted by molar-refractivity contribution is 9.10. The topological polar surface area (TPSA) is 63.4 Å². The van der Waals surface area contributed by atoms with E-state index in [-0.39, 0.29) is 6.04 Å². The Bertz CT molecular complexity index is 530. The monoisotopic (exact) mass is 318 g/mol. The first-order valence-corrected chi connectivity index (χ1v) is 7.67. The number of sulfonamides is 1. The second kappa shape index (κ2) is 4.68. The van der Waals surface area contributed by atoms with Gasteiger partial charge in [0.05, 0.1) is 4.90 Å². The van der Waals surface area contributed by atoms with Crippen LogP contribution in [0.4, 0.5) is 0 Å². The number of halogens is 1. The van der Waals surface area contributed by atoms with E-state index in [9.17, 15) is 8.42 Å². The molecule has 17 heavy (non-hydrogen) atoms. The van der Waals surface area contributed by atoms with E-state index in [0.29, 0.717) is 22.5 Å². The third-order valence-corrected chi connectivity index (χ3v) is 6.18. The standard InChI is InChI=1S/C11H15BrN2O2S/c1-8-3-2-4-10(11(8)12)17(15,16)14-6-5-9(13)7-14/h2-4,9H,5-7,13H2,1H3. The molecule has 0 spiro atoms. The van der Waals surface area contributed by atoms with Crippen molar-refractivity contribution >= 4 is 26.0 Å². The molecule has 0 saturated carbocycles. The van der Waals surface area contributed by atoms with Gasteiger partial charge in [-0.2, -0.15) is 4.31 Å². The van der Waals surface area contributed by atoms with E-state index in [1.165, 1.54) is 4.31 Å². The molecule has 1 aliphatic heterocycles. The van der Waals surface area contributed by atoms with Crippen LogP contribution in [0.3, 0.4) is 0 Å². The molecular formula is C11H15BrN2O2S. The van der Waals surface area contributed by atoms with Gasteiger partial charge in [0.1, 0.15) is 0 Å². The maximum Gasteiger partial charge on any atom is 0.244 e. The molecule has 94 valence electrons. The predicted octanol–water partition coefficient (Wildman–Crippen LogP) is 1.48. The Hall–Kier alpha value is -0.430. The molecule has 1 unspecified atom stereocenters. The Labute approximate surface area is 110 Å². The molecule has 4 nitrogen and oxygen atoms in total. The van der Waals surface area contributed by atoms with Crippen molar-refractivity contribution in [3.8, 4) is 0 Å². The Morgan fingerprint density at radius 1 is 1.47 bits per heavy atom. The van der Waals surface area contributed by atoms with Crippen LogP contribution in [0, 0.1) is 6.92 Å². The lowest BCUT2D eigenvalue weighted by molar-refractivity contribution is 0.472. The number of hydrogen-bond donors (Lipinski definition) is 1. The van der Waals surface area contributed by atoms with Crippen molar-refractivity contribution < 1.29 is 8.42 Å². The largest absolute Gasteiger partial charge is 0.326 e. The third kappa shape index (κ3) is 2.40. The van der Waals surface area contributed by atoms with Gasteiger partial charge in [0, 0.05) is 23.6 Å². The van der Waals surface area contributed by atoms with Gasteiger partial charge >= 0.3 is 0 Å². The van der Waals surface area contributed by atoms with Crippen LogP contribution >= 0.6 is 15.9 Å². The van der Waals surface area contributed by atoms with Crippen LogP contribution in [0.25, 0.3) is 0 Å². The molecule has 1 aromatic rings. The van der Waals surface area contributed by atoms with Gasteiger partial charge in [-0.1, -0.05) is 12.1 Å². The first-order valence-electron chi connectivity index (χ1n) is 5.44. The SMILES string of the molecule is Cc1cccc(S(=O)(=O)N2CCC(N)C2)c1Br. The molecule has 1 atom stereocenters. The smallest absolute Gasteiger partial charge is 0.244 e. The minimum absolute atomic E-state index is 0.0478. The summed E-state index contributed by atoms with van der Waals surface area (Å²) >= 11 is 3.34. The summed E-state index contributed by atoms with van der Waals surface area (Å²) in [6.07, 6.45) is 0.725. The second-order valence-corrected chi connectivity index (χ2v) is 7.00. The molecule has 6 heteroatoms. The van der Waals surface area contributed by atoms with Crippen LogP contribution in [-0.4, -0.2) is 31.9 Å². The lowest BCUT2D eigenvalue weighted by atomic mass is 10.2. The molecule has 2 N–H and O–H groups in total. The summed E-state index contributed by atoms with van der Waals surface area (Å²) in [5.74, 6) is 0. The van der Waals surface area contributed by atoms with Gasteiger partial charge in [0.15, 0.2) is 0 Å². The summed E-state index contributed by atoms with van der Waals surface area (Å²) in [5, 5.41) is 0. The zero-order valence-electron chi connectivity index (χ0n) is 9.56. The molecule has 2 rings (SSSR count). The zero-order chi connectivity index (χ0) is 12.6. The molecule has 1 saturated heterocycles. The van der Waals surface area contributed by atoms with Crippen molar-refractivity contribution in [1.82, 2.24) is 4.31 Å². The normalized spacial score (nSPS) is 21.9. The van der Waals surface area contributed by atoms with Gasteiger partial charge in [-0.05, 0) is 40.9 Å². The Balaban J connectivity index is 2.42. The van der Waals surface area contributed by atoms with Crippen LogP contribution in [0.2, 0.25) is 0 Å². The third-order valence-electron chi connectivity index (χ3n) is 2.96. The Kier molecular flexibility index (Phi) is 3.58. The molecule has 0 aromatic heterocycles. The zero-order valence-corrected chi connectivity index (χ0v) is 12.0. The molecule has 0 bridgehead atoms. The number of nitrogens with zero attached hydrogens (tertiary/aromatic N) is 1. The van der Waals surface area contributed by atoms with Crippen molar-refractivity contribution in [3.63, 3.8) is 0 Å². The summed E-state index contributed by atoms with van der Waals surface area (Å²) in [4.78, 5) is 0.326. The van der Waals surface area contributed by atoms with Crippen molar-refractivity contribution in [1.29, 1.82) is 0 Å². The lowest BCUT2D eigenvalue weighted by Crippen LogP contribution is -2.32. The average molecular weight is 319 g/mol. The molecule has 0 aliphatic carbocycles. The van der Waals surface area contributed by atoms with Gasteiger partial charge in [0.2, 0.25) is 10.0 Å². The van der Waals surface area contributed by atoms with Gasteiger partial charge in [-0.3, -0.25) is 0 Å². The summed E-state index contributed by atoms with van der Waals surface area (Å²) < 4.78 is 26.9. The fourth-order valence-electron chi connectivity index (χ4n) is 1.93. The number of rotatable bonds is 2. The van der Waals surface area contributed by atoms with Gasteiger partial charge in [0.25, 0.3) is 0 Å². The fraction of sp³-hybridized carbons (Fsp3) is 0.455. The predicted molar refractivity (Wildman–Crippen MR) is 70.2 cm³/mol. The quantitative estimate of drug-likeness (QED) is 0.898. The van der Waals surface area contributed by atoms with Crippen molar-refractivity contribution in [2.24, 2.45) is 5.73 Å². The fourth-order valence-corrected chi connectivity index (χ4v) is 4.46. The molecule has 0 amide bonds. The maximum atomic E-state index is 12.4. The van der Waals surface area contributed by atoms with E-state index in [2.05, 4.69) is 15.9 Å². The van der Waals surface area contributed by atoms with Crippen LogP contribution in [0.5, 0.6) is 0 Å². The number of benzene rings is 1. The van der Waals surface area contributed by atoms with E-state index in [1.807, 2.05) is 13.0 Å². The molecule has 0 radical (unpaired) electrons. The summed E-state index contributed by atoms with van der Waals surface area (Å²) in [6.45, 7) is 2.78. The van der Waals surface area contributed by atoms with Crippen molar-refractivity contribution in [3.05, 3.63) is 28.2 Å². The Morgan fingerprint density at radius 2 is 2.18 bits per heavy atom. The molecule has 1 aromatic carbocycles. The van der Waals surface area contributed by atoms with E-state index >= 15 is 0 Å². The van der Waals surface area contributed by atoms with E-state index in [1.54, 1.807) is 12.1 Å². The van der Waals surface area contributed by atoms with Crippen LogP contribution < -0.4 is 5.73 Å². The molecule has 1 heterocycles. The number of nitrogens with two attached hydrogens (primary N) is 1. The van der Waals surface area contributed by atoms with Gasteiger partial charge in [-0.15, -0.1) is 0 Å². The van der Waals surface area contributed by atoms with Gasteiger partial charge in [-0.25, -0.2) is 8.42 Å². The second-order valence-electron chi connectivity index (χ2n) is 4.30. The molecular weight excluding hydrogens is 304 g/mol. The first-order chi connectivity index (χ1) is 7.93. The molecule has 1 fully saturated rings. The van der Waals surface area contributed by atoms with E-state index in [4.69, 9.17) is 5.73 Å². The summed E-state index contributed by atoms with van der Waals surface area (Å²) in [6, 6.07) is 5.20. The summed E-state index contributed by atoms with van der Waals surface area (Å²) in [5.41, 5.74) is 6.66. The first kappa shape index (κ1) is 13.0. The van der Waals surface area contributed by atoms with Crippen LogP contribution in [-0.2, 0) is 10.0 Å².